The van der Waals surface area contributed by atoms with Gasteiger partial charge in [0.2, 0.25) is 0 Å². The van der Waals surface area contributed by atoms with Crippen molar-refractivity contribution in [3.05, 3.63) is 28.8 Å². The Balaban J connectivity index is 2.75. The van der Waals surface area contributed by atoms with Gasteiger partial charge in [0.15, 0.2) is 6.10 Å². The molecule has 1 atom stereocenters. The van der Waals surface area contributed by atoms with Gasteiger partial charge in [-0.15, -0.1) is 0 Å². The molecule has 3 heteroatoms. The molecule has 0 aliphatic carbocycles. The van der Waals surface area contributed by atoms with Crippen LogP contribution in [0.1, 0.15) is 50.3 Å². The molecule has 0 bridgehead atoms. The second-order valence-corrected chi connectivity index (χ2v) is 5.49. The Morgan fingerprint density at radius 3 is 2.35 bits per heavy atom. The number of hydrogen-bond donors (Lipinski definition) is 1. The van der Waals surface area contributed by atoms with E-state index in [-0.39, 0.29) is 11.9 Å². The van der Waals surface area contributed by atoms with Crippen molar-refractivity contribution in [2.24, 2.45) is 0 Å². The van der Waals surface area contributed by atoms with Crippen LogP contribution in [-0.2, 0) is 4.79 Å². The van der Waals surface area contributed by atoms with Crippen LogP contribution in [0.5, 0.6) is 5.75 Å². The third-order valence-electron chi connectivity index (χ3n) is 3.77. The van der Waals surface area contributed by atoms with Gasteiger partial charge < -0.3 is 10.1 Å². The first-order chi connectivity index (χ1) is 9.38. The first-order valence-corrected chi connectivity index (χ1v) is 7.43. The van der Waals surface area contributed by atoms with Crippen molar-refractivity contribution in [1.82, 2.24) is 5.32 Å². The van der Waals surface area contributed by atoms with Crippen molar-refractivity contribution in [3.8, 4) is 5.75 Å². The van der Waals surface area contributed by atoms with Crippen molar-refractivity contribution in [2.75, 3.05) is 0 Å². The summed E-state index contributed by atoms with van der Waals surface area (Å²) >= 11 is 0. The van der Waals surface area contributed by atoms with Crippen LogP contribution in [0.2, 0.25) is 0 Å². The molecule has 1 aromatic rings. The molecule has 0 heterocycles. The topological polar surface area (TPSA) is 38.3 Å². The zero-order valence-electron chi connectivity index (χ0n) is 13.5. The lowest BCUT2D eigenvalue weighted by molar-refractivity contribution is -0.128. The fourth-order valence-corrected chi connectivity index (χ4v) is 2.18. The summed E-state index contributed by atoms with van der Waals surface area (Å²) in [4.78, 5) is 12.1. The predicted octanol–water partition coefficient (Wildman–Crippen LogP) is 3.68. The Hall–Kier alpha value is -1.51. The molecule has 0 spiro atoms. The van der Waals surface area contributed by atoms with Crippen LogP contribution in [0.25, 0.3) is 0 Å². The highest BCUT2D eigenvalue weighted by Crippen LogP contribution is 2.24. The minimum Gasteiger partial charge on any atom is -0.481 e. The number of hydrogen-bond acceptors (Lipinski definition) is 2. The molecule has 0 aliphatic rings. The highest BCUT2D eigenvalue weighted by molar-refractivity contribution is 5.81. The van der Waals surface area contributed by atoms with Crippen LogP contribution in [-0.4, -0.2) is 18.1 Å². The number of nitrogens with one attached hydrogen (secondary N) is 1. The average Bonchev–Trinajstić information content (AvgIpc) is 2.41. The molecule has 20 heavy (non-hydrogen) atoms. The minimum atomic E-state index is -0.476. The van der Waals surface area contributed by atoms with E-state index in [9.17, 15) is 4.79 Å². The lowest BCUT2D eigenvalue weighted by atomic mass is 10.1. The number of carbonyl (C=O) groups excluding carboxylic acids is 1. The lowest BCUT2D eigenvalue weighted by Crippen LogP contribution is -2.42. The molecular weight excluding hydrogens is 250 g/mol. The Morgan fingerprint density at radius 2 is 1.80 bits per heavy atom. The average molecular weight is 277 g/mol. The molecular formula is C17H27NO2. The zero-order valence-corrected chi connectivity index (χ0v) is 13.5. The Morgan fingerprint density at radius 1 is 1.20 bits per heavy atom. The molecule has 1 unspecified atom stereocenters. The van der Waals surface area contributed by atoms with Crippen molar-refractivity contribution >= 4 is 5.91 Å². The van der Waals surface area contributed by atoms with Crippen molar-refractivity contribution in [3.63, 3.8) is 0 Å². The summed E-state index contributed by atoms with van der Waals surface area (Å²) in [5, 5.41) is 3.02. The quantitative estimate of drug-likeness (QED) is 0.861. The molecule has 0 fully saturated rings. The van der Waals surface area contributed by atoms with Gasteiger partial charge in [-0.2, -0.15) is 0 Å². The third-order valence-corrected chi connectivity index (χ3v) is 3.77. The van der Waals surface area contributed by atoms with Gasteiger partial charge in [-0.3, -0.25) is 4.79 Å². The third kappa shape index (κ3) is 4.26. The summed E-state index contributed by atoms with van der Waals surface area (Å²) in [6, 6.07) is 4.34. The van der Waals surface area contributed by atoms with Gasteiger partial charge in [0.25, 0.3) is 5.91 Å². The van der Waals surface area contributed by atoms with Crippen LogP contribution in [0.15, 0.2) is 12.1 Å². The molecule has 1 amide bonds. The Labute approximate surface area is 122 Å². The van der Waals surface area contributed by atoms with E-state index in [4.69, 9.17) is 4.74 Å². The van der Waals surface area contributed by atoms with Crippen LogP contribution < -0.4 is 10.1 Å². The van der Waals surface area contributed by atoms with Gasteiger partial charge in [0.1, 0.15) is 5.75 Å². The van der Waals surface area contributed by atoms with E-state index in [0.29, 0.717) is 0 Å². The van der Waals surface area contributed by atoms with Crippen molar-refractivity contribution in [1.29, 1.82) is 0 Å². The van der Waals surface area contributed by atoms with E-state index in [1.54, 1.807) is 6.92 Å². The molecule has 3 nitrogen and oxygen atoms in total. The van der Waals surface area contributed by atoms with E-state index in [1.807, 2.05) is 19.9 Å². The first-order valence-electron chi connectivity index (χ1n) is 7.43. The minimum absolute atomic E-state index is 0.0442. The molecule has 0 saturated heterocycles. The standard InChI is InChI=1S/C17H27NO2/c1-7-15(8-2)18-17(19)14(6)20-16-10-11(3)9-12(4)13(16)5/h9-10,14-15H,7-8H2,1-6H3,(H,18,19). The van der Waals surface area contributed by atoms with Gasteiger partial charge in [-0.05, 0) is 63.3 Å². The molecule has 0 aliphatic heterocycles. The van der Waals surface area contributed by atoms with Crippen LogP contribution >= 0.6 is 0 Å². The molecule has 0 aromatic heterocycles. The molecule has 112 valence electrons. The number of carbonyl (C=O) groups is 1. The fourth-order valence-electron chi connectivity index (χ4n) is 2.18. The smallest absolute Gasteiger partial charge is 0.260 e. The van der Waals surface area contributed by atoms with Gasteiger partial charge >= 0.3 is 0 Å². The number of ether oxygens (including phenoxy) is 1. The SMILES string of the molecule is CCC(CC)NC(=O)C(C)Oc1cc(C)cc(C)c1C. The van der Waals surface area contributed by atoms with Gasteiger partial charge in [-0.25, -0.2) is 0 Å². The van der Waals surface area contributed by atoms with Crippen LogP contribution in [0, 0.1) is 20.8 Å². The summed E-state index contributed by atoms with van der Waals surface area (Å²) in [5.74, 6) is 0.756. The van der Waals surface area contributed by atoms with Gasteiger partial charge in [-0.1, -0.05) is 19.9 Å². The summed E-state index contributed by atoms with van der Waals surface area (Å²) in [6.07, 6.45) is 1.41. The van der Waals surface area contributed by atoms with Crippen LogP contribution in [0.3, 0.4) is 0 Å². The van der Waals surface area contributed by atoms with E-state index in [2.05, 4.69) is 32.2 Å². The maximum Gasteiger partial charge on any atom is 0.260 e. The number of rotatable bonds is 6. The first kappa shape index (κ1) is 16.5. The molecule has 1 rings (SSSR count). The zero-order chi connectivity index (χ0) is 15.3. The van der Waals surface area contributed by atoms with Crippen molar-refractivity contribution in [2.45, 2.75) is 66.5 Å². The maximum absolute atomic E-state index is 12.1. The molecule has 0 saturated carbocycles. The Bertz CT molecular complexity index is 464. The van der Waals surface area contributed by atoms with Crippen LogP contribution in [0.4, 0.5) is 0 Å². The molecule has 1 N–H and O–H groups in total. The highest BCUT2D eigenvalue weighted by Gasteiger charge is 2.18. The summed E-state index contributed by atoms with van der Waals surface area (Å²) < 4.78 is 5.85. The molecule has 0 radical (unpaired) electrons. The van der Waals surface area contributed by atoms with E-state index in [1.165, 1.54) is 5.56 Å². The lowest BCUT2D eigenvalue weighted by Gasteiger charge is -2.21. The second kappa shape index (κ2) is 7.32. The molecule has 1 aromatic carbocycles. The Kier molecular flexibility index (Phi) is 6.05. The predicted molar refractivity (Wildman–Crippen MR) is 83.3 cm³/mol. The number of amides is 1. The largest absolute Gasteiger partial charge is 0.481 e. The normalized spacial score (nSPS) is 12.3. The number of aryl methyl sites for hydroxylation is 2. The van der Waals surface area contributed by atoms with Crippen molar-refractivity contribution < 1.29 is 9.53 Å². The van der Waals surface area contributed by atoms with E-state index >= 15 is 0 Å². The number of benzene rings is 1. The monoisotopic (exact) mass is 277 g/mol. The van der Waals surface area contributed by atoms with Gasteiger partial charge in [0.05, 0.1) is 0 Å². The summed E-state index contributed by atoms with van der Waals surface area (Å²) in [5.41, 5.74) is 3.43. The van der Waals surface area contributed by atoms with E-state index in [0.717, 1.165) is 29.7 Å². The second-order valence-electron chi connectivity index (χ2n) is 5.49. The van der Waals surface area contributed by atoms with Gasteiger partial charge in [0, 0.05) is 6.04 Å². The summed E-state index contributed by atoms with van der Waals surface area (Å²) in [6.45, 7) is 12.1. The van der Waals surface area contributed by atoms with E-state index < -0.39 is 6.10 Å². The maximum atomic E-state index is 12.1. The fraction of sp³-hybridized carbons (Fsp3) is 0.588. The highest BCUT2D eigenvalue weighted by atomic mass is 16.5. The summed E-state index contributed by atoms with van der Waals surface area (Å²) in [7, 11) is 0.